The molecule has 3 heteroatoms. The lowest BCUT2D eigenvalue weighted by Gasteiger charge is -2.24. The maximum atomic E-state index is 5.28. The standard InChI is InChI=1S/C52H38N2S/c1-51(2)41-24-10-8-21-37(41)39-29-44-40(30-43(39)51)46-36(23-14-25-42(46)52(44,3)4)34-19-12-17-32(27-34)33-18-13-20-35(28-33)49-53-48(31-15-6-5-7-16-31)47-38-22-9-11-26-45(38)55-50(47)54-49/h5-30H,1-4H3. The Kier molecular flexibility index (Phi) is 6.85. The SMILES string of the molecule is CC1(C)c2ccccc2-c2cc3c(cc21)-c1c(-c2cccc(-c4cccc(-c5nc(-c6ccccc6)c6c(n5)sc5ccccc56)c4)c2)cccc1C3(C)C. The smallest absolute Gasteiger partial charge is 0.161 e. The zero-order valence-electron chi connectivity index (χ0n) is 31.3. The molecule has 2 heterocycles. The van der Waals surface area contributed by atoms with Crippen LogP contribution in [0.3, 0.4) is 0 Å². The molecule has 0 amide bonds. The third-order valence-electron chi connectivity index (χ3n) is 12.3. The van der Waals surface area contributed by atoms with Crippen molar-refractivity contribution in [3.8, 4) is 67.2 Å². The molecule has 2 nitrogen and oxygen atoms in total. The van der Waals surface area contributed by atoms with Crippen molar-refractivity contribution in [3.63, 3.8) is 0 Å². The summed E-state index contributed by atoms with van der Waals surface area (Å²) >= 11 is 1.74. The fourth-order valence-electron chi connectivity index (χ4n) is 9.48. The monoisotopic (exact) mass is 722 g/mol. The molecule has 262 valence electrons. The van der Waals surface area contributed by atoms with Crippen LogP contribution in [0.1, 0.15) is 49.9 Å². The van der Waals surface area contributed by atoms with Gasteiger partial charge in [0.05, 0.1) is 5.69 Å². The van der Waals surface area contributed by atoms with E-state index in [1.165, 1.54) is 71.3 Å². The maximum Gasteiger partial charge on any atom is 0.161 e. The number of benzene rings is 7. The number of rotatable bonds is 4. The molecule has 0 unspecified atom stereocenters. The van der Waals surface area contributed by atoms with Crippen molar-refractivity contribution < 1.29 is 0 Å². The van der Waals surface area contributed by atoms with Crippen molar-refractivity contribution in [2.24, 2.45) is 0 Å². The third kappa shape index (κ3) is 4.73. The Morgan fingerprint density at radius 2 is 1.00 bits per heavy atom. The molecule has 9 aromatic rings. The molecule has 11 rings (SSSR count). The minimum absolute atomic E-state index is 0.0548. The highest BCUT2D eigenvalue weighted by atomic mass is 32.1. The second kappa shape index (κ2) is 11.7. The molecule has 2 aliphatic rings. The van der Waals surface area contributed by atoms with Gasteiger partial charge in [-0.2, -0.15) is 0 Å². The number of nitrogens with zero attached hydrogens (tertiary/aromatic N) is 2. The molecule has 0 saturated carbocycles. The zero-order valence-corrected chi connectivity index (χ0v) is 32.1. The number of thiophene rings is 1. The third-order valence-corrected chi connectivity index (χ3v) is 13.4. The molecule has 0 atom stereocenters. The van der Waals surface area contributed by atoms with Crippen molar-refractivity contribution in [2.45, 2.75) is 38.5 Å². The summed E-state index contributed by atoms with van der Waals surface area (Å²) in [6.07, 6.45) is 0. The fourth-order valence-corrected chi connectivity index (χ4v) is 10.6. The lowest BCUT2D eigenvalue weighted by molar-refractivity contribution is 0.652. The summed E-state index contributed by atoms with van der Waals surface area (Å²) < 4.78 is 1.23. The van der Waals surface area contributed by atoms with Crippen LogP contribution in [0.4, 0.5) is 0 Å². The van der Waals surface area contributed by atoms with Crippen LogP contribution in [-0.2, 0) is 10.8 Å². The van der Waals surface area contributed by atoms with E-state index in [4.69, 9.17) is 9.97 Å². The molecule has 0 N–H and O–H groups in total. The van der Waals surface area contributed by atoms with E-state index in [-0.39, 0.29) is 10.8 Å². The lowest BCUT2D eigenvalue weighted by Crippen LogP contribution is -2.16. The van der Waals surface area contributed by atoms with Gasteiger partial charge in [-0.25, -0.2) is 9.97 Å². The normalized spacial score (nSPS) is 14.5. The van der Waals surface area contributed by atoms with Crippen molar-refractivity contribution in [1.29, 1.82) is 0 Å². The quantitative estimate of drug-likeness (QED) is 0.181. The van der Waals surface area contributed by atoms with E-state index in [0.717, 1.165) is 38.4 Å². The van der Waals surface area contributed by atoms with Gasteiger partial charge >= 0.3 is 0 Å². The number of fused-ring (bicyclic) bond motifs is 9. The lowest BCUT2D eigenvalue weighted by atomic mass is 9.79. The molecule has 55 heavy (non-hydrogen) atoms. The highest BCUT2D eigenvalue weighted by Gasteiger charge is 2.42. The maximum absolute atomic E-state index is 5.28. The Morgan fingerprint density at radius 1 is 0.418 bits per heavy atom. The van der Waals surface area contributed by atoms with E-state index in [0.29, 0.717) is 0 Å². The average Bonchev–Trinajstić information content (AvgIpc) is 3.80. The first-order valence-electron chi connectivity index (χ1n) is 19.2. The van der Waals surface area contributed by atoms with Crippen LogP contribution in [0.15, 0.2) is 158 Å². The molecular weight excluding hydrogens is 685 g/mol. The van der Waals surface area contributed by atoms with Crippen LogP contribution < -0.4 is 0 Å². The Morgan fingerprint density at radius 3 is 1.84 bits per heavy atom. The van der Waals surface area contributed by atoms with Crippen LogP contribution in [-0.4, -0.2) is 9.97 Å². The van der Waals surface area contributed by atoms with E-state index < -0.39 is 0 Å². The van der Waals surface area contributed by atoms with Crippen molar-refractivity contribution in [3.05, 3.63) is 180 Å². The summed E-state index contributed by atoms with van der Waals surface area (Å²) in [7, 11) is 0. The Bertz CT molecular complexity index is 3040. The Balaban J connectivity index is 1.03. The van der Waals surface area contributed by atoms with Gasteiger partial charge in [0.25, 0.3) is 0 Å². The second-order valence-electron chi connectivity index (χ2n) is 16.2. The molecule has 0 saturated heterocycles. The van der Waals surface area contributed by atoms with Crippen LogP contribution in [0.25, 0.3) is 87.5 Å². The van der Waals surface area contributed by atoms with Gasteiger partial charge in [-0.1, -0.05) is 155 Å². The van der Waals surface area contributed by atoms with Crippen molar-refractivity contribution >= 4 is 31.6 Å². The van der Waals surface area contributed by atoms with Gasteiger partial charge in [0.1, 0.15) is 4.83 Å². The highest BCUT2D eigenvalue weighted by Crippen LogP contribution is 2.57. The van der Waals surface area contributed by atoms with E-state index in [1.807, 2.05) is 0 Å². The van der Waals surface area contributed by atoms with Crippen LogP contribution in [0, 0.1) is 0 Å². The molecule has 2 aliphatic carbocycles. The summed E-state index contributed by atoms with van der Waals surface area (Å²) in [5, 5.41) is 2.33. The van der Waals surface area contributed by atoms with Gasteiger partial charge in [0.2, 0.25) is 0 Å². The number of aromatic nitrogens is 2. The summed E-state index contributed by atoms with van der Waals surface area (Å²) in [6, 6.07) is 57.7. The first kappa shape index (κ1) is 32.3. The van der Waals surface area contributed by atoms with Gasteiger partial charge in [-0.05, 0) is 97.1 Å². The number of hydrogen-bond acceptors (Lipinski definition) is 3. The van der Waals surface area contributed by atoms with Gasteiger partial charge in [0.15, 0.2) is 5.82 Å². The van der Waals surface area contributed by atoms with Crippen LogP contribution >= 0.6 is 11.3 Å². The largest absolute Gasteiger partial charge is 0.227 e. The second-order valence-corrected chi connectivity index (χ2v) is 17.2. The molecular formula is C52H38N2S. The molecule has 0 aliphatic heterocycles. The summed E-state index contributed by atoms with van der Waals surface area (Å²) in [5.41, 5.74) is 18.9. The summed E-state index contributed by atoms with van der Waals surface area (Å²) in [6.45, 7) is 9.54. The fraction of sp³-hybridized carbons (Fsp3) is 0.115. The number of hydrogen-bond donors (Lipinski definition) is 0. The molecule has 0 radical (unpaired) electrons. The molecule has 0 spiro atoms. The Hall–Kier alpha value is -6.16. The van der Waals surface area contributed by atoms with Crippen LogP contribution in [0.5, 0.6) is 0 Å². The van der Waals surface area contributed by atoms with Crippen molar-refractivity contribution in [1.82, 2.24) is 9.97 Å². The molecule has 0 bridgehead atoms. The van der Waals surface area contributed by atoms with Gasteiger partial charge < -0.3 is 0 Å². The molecule has 0 fully saturated rings. The van der Waals surface area contributed by atoms with Gasteiger partial charge in [-0.15, -0.1) is 11.3 Å². The molecule has 2 aromatic heterocycles. The average molecular weight is 723 g/mol. The topological polar surface area (TPSA) is 25.8 Å². The van der Waals surface area contributed by atoms with Crippen molar-refractivity contribution in [2.75, 3.05) is 0 Å². The minimum atomic E-state index is -0.114. The van der Waals surface area contributed by atoms with E-state index >= 15 is 0 Å². The molecule has 7 aromatic carbocycles. The van der Waals surface area contributed by atoms with Gasteiger partial charge in [-0.3, -0.25) is 0 Å². The van der Waals surface area contributed by atoms with Gasteiger partial charge in [0, 0.05) is 37.4 Å². The first-order chi connectivity index (χ1) is 26.8. The van der Waals surface area contributed by atoms with E-state index in [9.17, 15) is 0 Å². The highest BCUT2D eigenvalue weighted by molar-refractivity contribution is 7.25. The first-order valence-corrected chi connectivity index (χ1v) is 20.0. The van der Waals surface area contributed by atoms with E-state index in [2.05, 4.69) is 185 Å². The summed E-state index contributed by atoms with van der Waals surface area (Å²) in [4.78, 5) is 11.5. The predicted octanol–water partition coefficient (Wildman–Crippen LogP) is 14.1. The summed E-state index contributed by atoms with van der Waals surface area (Å²) in [5.74, 6) is 0.744. The zero-order chi connectivity index (χ0) is 37.1. The Labute approximate surface area is 325 Å². The van der Waals surface area contributed by atoms with E-state index in [1.54, 1.807) is 11.3 Å². The minimum Gasteiger partial charge on any atom is -0.227 e. The van der Waals surface area contributed by atoms with Crippen LogP contribution in [0.2, 0.25) is 0 Å². The predicted molar refractivity (Wildman–Crippen MR) is 232 cm³/mol.